The van der Waals surface area contributed by atoms with Crippen molar-refractivity contribution in [3.05, 3.63) is 29.8 Å². The second-order valence-corrected chi connectivity index (χ2v) is 6.44. The van der Waals surface area contributed by atoms with E-state index in [9.17, 15) is 4.79 Å². The molecule has 1 fully saturated rings. The third-order valence-electron chi connectivity index (χ3n) is 4.15. The van der Waals surface area contributed by atoms with Crippen molar-refractivity contribution in [2.24, 2.45) is 0 Å². The van der Waals surface area contributed by atoms with Gasteiger partial charge in [-0.1, -0.05) is 18.2 Å². The van der Waals surface area contributed by atoms with Crippen molar-refractivity contribution in [3.63, 3.8) is 0 Å². The first kappa shape index (κ1) is 15.8. The van der Waals surface area contributed by atoms with E-state index in [1.54, 1.807) is 0 Å². The maximum atomic E-state index is 12.3. The van der Waals surface area contributed by atoms with E-state index in [-0.39, 0.29) is 6.03 Å². The van der Waals surface area contributed by atoms with Gasteiger partial charge in [0.1, 0.15) is 0 Å². The van der Waals surface area contributed by atoms with Crippen molar-refractivity contribution >= 4 is 11.7 Å². The summed E-state index contributed by atoms with van der Waals surface area (Å²) in [6, 6.07) is 9.38. The van der Waals surface area contributed by atoms with Crippen molar-refractivity contribution in [3.8, 4) is 0 Å². The summed E-state index contributed by atoms with van der Waals surface area (Å²) >= 11 is 0. The number of likely N-dealkylation sites (tertiary alicyclic amines) is 1. The molecule has 0 aliphatic carbocycles. The lowest BCUT2D eigenvalue weighted by atomic mass is 10.0. The van der Waals surface area contributed by atoms with Gasteiger partial charge in [0, 0.05) is 36.9 Å². The number of anilines is 1. The Morgan fingerprint density at radius 1 is 1.19 bits per heavy atom. The van der Waals surface area contributed by atoms with Crippen LogP contribution in [-0.4, -0.2) is 47.0 Å². The van der Waals surface area contributed by atoms with Crippen LogP contribution in [0.15, 0.2) is 24.3 Å². The van der Waals surface area contributed by atoms with Gasteiger partial charge in [-0.15, -0.1) is 0 Å². The average molecular weight is 289 g/mol. The zero-order valence-electron chi connectivity index (χ0n) is 13.8. The normalized spacial score (nSPS) is 15.7. The van der Waals surface area contributed by atoms with Crippen LogP contribution in [-0.2, 0) is 0 Å². The molecular formula is C17H27N3O. The summed E-state index contributed by atoms with van der Waals surface area (Å²) in [5.74, 6) is 0. The van der Waals surface area contributed by atoms with E-state index in [2.05, 4.69) is 37.9 Å². The summed E-state index contributed by atoms with van der Waals surface area (Å²) in [5, 5.41) is 3.00. The molecule has 0 bridgehead atoms. The Hall–Kier alpha value is -1.55. The number of nitrogens with zero attached hydrogens (tertiary/aromatic N) is 2. The maximum absolute atomic E-state index is 12.3. The first-order valence-corrected chi connectivity index (χ1v) is 7.79. The van der Waals surface area contributed by atoms with Crippen LogP contribution in [0.5, 0.6) is 0 Å². The Balaban J connectivity index is 1.89. The molecule has 1 aliphatic rings. The molecular weight excluding hydrogens is 262 g/mol. The number of carbonyl (C=O) groups is 1. The highest BCUT2D eigenvalue weighted by Gasteiger charge is 2.36. The molecule has 1 aromatic rings. The first-order valence-electron chi connectivity index (χ1n) is 7.79. The number of benzene rings is 1. The van der Waals surface area contributed by atoms with E-state index in [1.807, 2.05) is 36.1 Å². The fraction of sp³-hybridized carbons (Fsp3) is 0.588. The Labute approximate surface area is 128 Å². The van der Waals surface area contributed by atoms with Crippen LogP contribution in [0.2, 0.25) is 0 Å². The van der Waals surface area contributed by atoms with Gasteiger partial charge in [0.25, 0.3) is 0 Å². The molecule has 1 heterocycles. The zero-order chi connectivity index (χ0) is 15.6. The minimum Gasteiger partial charge on any atom is -0.321 e. The van der Waals surface area contributed by atoms with Crippen molar-refractivity contribution in [2.75, 3.05) is 18.4 Å². The molecule has 0 aromatic heterocycles. The van der Waals surface area contributed by atoms with Gasteiger partial charge >= 0.3 is 6.03 Å². The summed E-state index contributed by atoms with van der Waals surface area (Å²) < 4.78 is 0. The Bertz CT molecular complexity index is 485. The molecule has 0 saturated carbocycles. The number of rotatable bonds is 4. The number of carbonyl (C=O) groups excluding carboxylic acids is 1. The molecule has 0 spiro atoms. The SMILES string of the molecule is Cc1ccccc1NC(=O)N1CC(N(C(C)C)C(C)C)C1. The second kappa shape index (κ2) is 6.48. The molecule has 1 N–H and O–H groups in total. The summed E-state index contributed by atoms with van der Waals surface area (Å²) in [4.78, 5) is 16.6. The second-order valence-electron chi connectivity index (χ2n) is 6.44. The molecule has 0 radical (unpaired) electrons. The van der Waals surface area contributed by atoms with Crippen LogP contribution < -0.4 is 5.32 Å². The molecule has 21 heavy (non-hydrogen) atoms. The minimum absolute atomic E-state index is 0.00742. The quantitative estimate of drug-likeness (QED) is 0.923. The Morgan fingerprint density at radius 3 is 2.29 bits per heavy atom. The molecule has 0 atom stereocenters. The van der Waals surface area contributed by atoms with Gasteiger partial charge in [-0.2, -0.15) is 0 Å². The lowest BCUT2D eigenvalue weighted by Crippen LogP contribution is -2.64. The van der Waals surface area contributed by atoms with E-state index in [4.69, 9.17) is 0 Å². The van der Waals surface area contributed by atoms with Gasteiger partial charge in [0.2, 0.25) is 0 Å². The van der Waals surface area contributed by atoms with Gasteiger partial charge in [-0.25, -0.2) is 4.79 Å². The van der Waals surface area contributed by atoms with Gasteiger partial charge in [-0.3, -0.25) is 4.90 Å². The van der Waals surface area contributed by atoms with E-state index in [1.165, 1.54) is 0 Å². The van der Waals surface area contributed by atoms with E-state index in [0.29, 0.717) is 18.1 Å². The van der Waals surface area contributed by atoms with Crippen molar-refractivity contribution in [1.82, 2.24) is 9.80 Å². The van der Waals surface area contributed by atoms with Crippen LogP contribution in [0.4, 0.5) is 10.5 Å². The molecule has 0 unspecified atom stereocenters. The largest absolute Gasteiger partial charge is 0.321 e. The van der Waals surface area contributed by atoms with E-state index < -0.39 is 0 Å². The fourth-order valence-electron chi connectivity index (χ4n) is 3.16. The van der Waals surface area contributed by atoms with Crippen molar-refractivity contribution in [1.29, 1.82) is 0 Å². The Morgan fingerprint density at radius 2 is 1.76 bits per heavy atom. The van der Waals surface area contributed by atoms with Crippen LogP contribution in [0.1, 0.15) is 33.3 Å². The molecule has 116 valence electrons. The third-order valence-corrected chi connectivity index (χ3v) is 4.15. The lowest BCUT2D eigenvalue weighted by molar-refractivity contribution is 0.0202. The smallest absolute Gasteiger partial charge is 0.321 e. The average Bonchev–Trinajstić information content (AvgIpc) is 2.34. The summed E-state index contributed by atoms with van der Waals surface area (Å²) in [6.07, 6.45) is 0. The monoisotopic (exact) mass is 289 g/mol. The number of hydrogen-bond acceptors (Lipinski definition) is 2. The predicted octanol–water partition coefficient (Wildman–Crippen LogP) is 3.33. The van der Waals surface area contributed by atoms with Crippen LogP contribution in [0.25, 0.3) is 0 Å². The number of para-hydroxylation sites is 1. The molecule has 1 aromatic carbocycles. The molecule has 1 aliphatic heterocycles. The summed E-state index contributed by atoms with van der Waals surface area (Å²) in [6.45, 7) is 12.5. The zero-order valence-corrected chi connectivity index (χ0v) is 13.8. The maximum Gasteiger partial charge on any atom is 0.321 e. The first-order chi connectivity index (χ1) is 9.90. The van der Waals surface area contributed by atoms with E-state index >= 15 is 0 Å². The minimum atomic E-state index is 0.00742. The highest BCUT2D eigenvalue weighted by Crippen LogP contribution is 2.22. The summed E-state index contributed by atoms with van der Waals surface area (Å²) in [5.41, 5.74) is 1.99. The number of hydrogen-bond donors (Lipinski definition) is 1. The standard InChI is InChI=1S/C17H27N3O/c1-12(2)20(13(3)4)15-10-19(11-15)17(21)18-16-9-7-6-8-14(16)5/h6-9,12-13,15H,10-11H2,1-5H3,(H,18,21). The predicted molar refractivity (Wildman–Crippen MR) is 87.7 cm³/mol. The molecule has 4 heteroatoms. The number of amides is 2. The molecule has 2 amide bonds. The van der Waals surface area contributed by atoms with Gasteiger partial charge in [0.05, 0.1) is 0 Å². The molecule has 4 nitrogen and oxygen atoms in total. The van der Waals surface area contributed by atoms with Crippen LogP contribution >= 0.6 is 0 Å². The lowest BCUT2D eigenvalue weighted by Gasteiger charge is -2.48. The van der Waals surface area contributed by atoms with Gasteiger partial charge < -0.3 is 10.2 Å². The Kier molecular flexibility index (Phi) is 4.88. The van der Waals surface area contributed by atoms with Crippen LogP contribution in [0.3, 0.4) is 0 Å². The molecule has 2 rings (SSSR count). The van der Waals surface area contributed by atoms with Gasteiger partial charge in [0.15, 0.2) is 0 Å². The van der Waals surface area contributed by atoms with Crippen molar-refractivity contribution in [2.45, 2.75) is 52.7 Å². The number of aryl methyl sites for hydroxylation is 1. The number of nitrogens with one attached hydrogen (secondary N) is 1. The third kappa shape index (κ3) is 3.56. The topological polar surface area (TPSA) is 35.6 Å². The van der Waals surface area contributed by atoms with E-state index in [0.717, 1.165) is 24.3 Å². The highest BCUT2D eigenvalue weighted by molar-refractivity contribution is 5.90. The van der Waals surface area contributed by atoms with Gasteiger partial charge in [-0.05, 0) is 46.2 Å². The fourth-order valence-corrected chi connectivity index (χ4v) is 3.16. The van der Waals surface area contributed by atoms with Crippen molar-refractivity contribution < 1.29 is 4.79 Å². The molecule has 1 saturated heterocycles. The highest BCUT2D eigenvalue weighted by atomic mass is 16.2. The number of urea groups is 1. The summed E-state index contributed by atoms with van der Waals surface area (Å²) in [7, 11) is 0. The van der Waals surface area contributed by atoms with Crippen LogP contribution in [0, 0.1) is 6.92 Å².